The summed E-state index contributed by atoms with van der Waals surface area (Å²) in [6.45, 7) is 4.66. The Balaban J connectivity index is 2.06. The molecule has 1 N–H and O–H groups in total. The van der Waals surface area contributed by atoms with Crippen LogP contribution in [0.3, 0.4) is 0 Å². The van der Waals surface area contributed by atoms with Crippen molar-refractivity contribution in [3.05, 3.63) is 18.0 Å². The summed E-state index contributed by atoms with van der Waals surface area (Å²) >= 11 is 0. The van der Waals surface area contributed by atoms with Crippen molar-refractivity contribution < 1.29 is 13.2 Å². The van der Waals surface area contributed by atoms with Crippen LogP contribution in [-0.4, -0.2) is 22.4 Å². The van der Waals surface area contributed by atoms with Gasteiger partial charge in [-0.25, -0.2) is 0 Å². The van der Waals surface area contributed by atoms with Gasteiger partial charge < -0.3 is 5.32 Å². The molecule has 1 atom stereocenters. The monoisotopic (exact) mass is 261 g/mol. The van der Waals surface area contributed by atoms with E-state index < -0.39 is 11.7 Å². The predicted molar refractivity (Wildman–Crippen MR) is 62.1 cm³/mol. The normalized spacial score (nSPS) is 18.3. The SMILES string of the molecule is CC(C)C(CNC1CC1)n1cc(C(F)(F)F)cn1. The van der Waals surface area contributed by atoms with E-state index in [4.69, 9.17) is 0 Å². The molecule has 0 amide bonds. The zero-order valence-electron chi connectivity index (χ0n) is 10.5. The molecule has 1 aliphatic carbocycles. The Bertz CT molecular complexity index is 394. The largest absolute Gasteiger partial charge is 0.419 e. The first kappa shape index (κ1) is 13.4. The minimum absolute atomic E-state index is 0.0401. The Labute approximate surface area is 104 Å². The van der Waals surface area contributed by atoms with E-state index in [1.54, 1.807) is 0 Å². The van der Waals surface area contributed by atoms with Gasteiger partial charge in [0.1, 0.15) is 0 Å². The molecule has 1 aromatic rings. The van der Waals surface area contributed by atoms with Crippen molar-refractivity contribution in [3.63, 3.8) is 0 Å². The van der Waals surface area contributed by atoms with Gasteiger partial charge in [-0.15, -0.1) is 0 Å². The second kappa shape index (κ2) is 4.91. The van der Waals surface area contributed by atoms with E-state index in [1.807, 2.05) is 13.8 Å². The zero-order valence-corrected chi connectivity index (χ0v) is 10.5. The van der Waals surface area contributed by atoms with Gasteiger partial charge >= 0.3 is 6.18 Å². The molecule has 0 bridgehead atoms. The van der Waals surface area contributed by atoms with Crippen molar-refractivity contribution in [2.24, 2.45) is 5.92 Å². The van der Waals surface area contributed by atoms with E-state index in [2.05, 4.69) is 10.4 Å². The lowest BCUT2D eigenvalue weighted by atomic mass is 10.0. The summed E-state index contributed by atoms with van der Waals surface area (Å²) in [4.78, 5) is 0. The molecule has 0 spiro atoms. The number of aromatic nitrogens is 2. The van der Waals surface area contributed by atoms with Gasteiger partial charge in [-0.1, -0.05) is 13.8 Å². The molecule has 1 unspecified atom stereocenters. The molecule has 1 aliphatic rings. The zero-order chi connectivity index (χ0) is 13.3. The number of hydrogen-bond donors (Lipinski definition) is 1. The van der Waals surface area contributed by atoms with Crippen LogP contribution in [0.25, 0.3) is 0 Å². The number of hydrogen-bond acceptors (Lipinski definition) is 2. The van der Waals surface area contributed by atoms with Crippen LogP contribution in [0.2, 0.25) is 0 Å². The molecule has 1 saturated carbocycles. The molecule has 102 valence electrons. The molecule has 0 aromatic carbocycles. The number of rotatable bonds is 5. The fraction of sp³-hybridized carbons (Fsp3) is 0.750. The van der Waals surface area contributed by atoms with Gasteiger partial charge in [0.2, 0.25) is 0 Å². The molecule has 18 heavy (non-hydrogen) atoms. The second-order valence-electron chi connectivity index (χ2n) is 5.20. The number of nitrogens with zero attached hydrogens (tertiary/aromatic N) is 2. The van der Waals surface area contributed by atoms with Crippen molar-refractivity contribution >= 4 is 0 Å². The standard InChI is InChI=1S/C12H18F3N3/c1-8(2)11(6-16-10-3-4-10)18-7-9(5-17-18)12(13,14)15/h5,7-8,10-11,16H,3-4,6H2,1-2H3. The van der Waals surface area contributed by atoms with Gasteiger partial charge in [-0.2, -0.15) is 18.3 Å². The summed E-state index contributed by atoms with van der Waals surface area (Å²) in [6.07, 6.45) is 0.00486. The van der Waals surface area contributed by atoms with Gasteiger partial charge in [0.25, 0.3) is 0 Å². The Morgan fingerprint density at radius 2 is 2.11 bits per heavy atom. The molecule has 0 saturated heterocycles. The first-order valence-corrected chi connectivity index (χ1v) is 6.22. The Kier molecular flexibility index (Phi) is 3.66. The average molecular weight is 261 g/mol. The summed E-state index contributed by atoms with van der Waals surface area (Å²) < 4.78 is 39.0. The van der Waals surface area contributed by atoms with Crippen LogP contribution in [0, 0.1) is 5.92 Å². The molecule has 3 nitrogen and oxygen atoms in total. The van der Waals surface area contributed by atoms with Crippen molar-refractivity contribution in [2.45, 2.75) is 44.9 Å². The van der Waals surface area contributed by atoms with Crippen LogP contribution in [0.15, 0.2) is 12.4 Å². The third kappa shape index (κ3) is 3.25. The van der Waals surface area contributed by atoms with Gasteiger partial charge in [-0.05, 0) is 18.8 Å². The highest BCUT2D eigenvalue weighted by molar-refractivity contribution is 5.09. The van der Waals surface area contributed by atoms with Crippen LogP contribution in [0.4, 0.5) is 13.2 Å². The predicted octanol–water partition coefficient (Wildman–Crippen LogP) is 2.85. The highest BCUT2D eigenvalue weighted by Crippen LogP contribution is 2.30. The highest BCUT2D eigenvalue weighted by Gasteiger charge is 2.33. The van der Waals surface area contributed by atoms with Crippen molar-refractivity contribution in [1.82, 2.24) is 15.1 Å². The van der Waals surface area contributed by atoms with Gasteiger partial charge in [0.15, 0.2) is 0 Å². The third-order valence-corrected chi connectivity index (χ3v) is 3.23. The van der Waals surface area contributed by atoms with Gasteiger partial charge in [0.05, 0.1) is 17.8 Å². The lowest BCUT2D eigenvalue weighted by Crippen LogP contribution is -2.30. The molecule has 1 aromatic heterocycles. The van der Waals surface area contributed by atoms with E-state index in [-0.39, 0.29) is 12.0 Å². The third-order valence-electron chi connectivity index (χ3n) is 3.23. The van der Waals surface area contributed by atoms with Crippen LogP contribution in [0.1, 0.15) is 38.3 Å². The quantitative estimate of drug-likeness (QED) is 0.883. The molecular weight excluding hydrogens is 243 g/mol. The fourth-order valence-corrected chi connectivity index (χ4v) is 1.88. The van der Waals surface area contributed by atoms with E-state index in [0.29, 0.717) is 12.6 Å². The smallest absolute Gasteiger partial charge is 0.312 e. The molecule has 1 fully saturated rings. The van der Waals surface area contributed by atoms with Crippen LogP contribution in [0.5, 0.6) is 0 Å². The van der Waals surface area contributed by atoms with E-state index >= 15 is 0 Å². The maximum Gasteiger partial charge on any atom is 0.419 e. The molecular formula is C12H18F3N3. The minimum Gasteiger partial charge on any atom is -0.312 e. The summed E-state index contributed by atoms with van der Waals surface area (Å²) in [6, 6.07) is 0.505. The Morgan fingerprint density at radius 1 is 1.44 bits per heavy atom. The number of halogens is 3. The van der Waals surface area contributed by atoms with Crippen LogP contribution >= 0.6 is 0 Å². The lowest BCUT2D eigenvalue weighted by molar-refractivity contribution is -0.137. The lowest BCUT2D eigenvalue weighted by Gasteiger charge is -2.22. The van der Waals surface area contributed by atoms with Gasteiger partial charge in [-0.3, -0.25) is 4.68 Å². The van der Waals surface area contributed by atoms with E-state index in [1.165, 1.54) is 4.68 Å². The highest BCUT2D eigenvalue weighted by atomic mass is 19.4. The molecule has 2 rings (SSSR count). The Morgan fingerprint density at radius 3 is 2.56 bits per heavy atom. The van der Waals surface area contributed by atoms with Crippen LogP contribution < -0.4 is 5.32 Å². The fourth-order valence-electron chi connectivity index (χ4n) is 1.88. The summed E-state index contributed by atoms with van der Waals surface area (Å²) in [5.41, 5.74) is -0.681. The molecule has 0 radical (unpaired) electrons. The Hall–Kier alpha value is -1.04. The second-order valence-corrected chi connectivity index (χ2v) is 5.20. The summed E-state index contributed by atoms with van der Waals surface area (Å²) in [7, 11) is 0. The maximum absolute atomic E-state index is 12.5. The minimum atomic E-state index is -4.32. The van der Waals surface area contributed by atoms with Crippen LogP contribution in [-0.2, 0) is 6.18 Å². The number of alkyl halides is 3. The summed E-state index contributed by atoms with van der Waals surface area (Å²) in [5.74, 6) is 0.234. The van der Waals surface area contributed by atoms with Crippen molar-refractivity contribution in [3.8, 4) is 0 Å². The molecule has 6 heteroatoms. The first-order chi connectivity index (χ1) is 8.38. The molecule has 0 aliphatic heterocycles. The van der Waals surface area contributed by atoms with Gasteiger partial charge in [0, 0.05) is 18.8 Å². The molecule has 1 heterocycles. The van der Waals surface area contributed by atoms with E-state index in [9.17, 15) is 13.2 Å². The van der Waals surface area contributed by atoms with E-state index in [0.717, 1.165) is 25.2 Å². The summed E-state index contributed by atoms with van der Waals surface area (Å²) in [5, 5.41) is 7.20. The first-order valence-electron chi connectivity index (χ1n) is 6.22. The number of nitrogens with one attached hydrogen (secondary N) is 1. The average Bonchev–Trinajstić information content (AvgIpc) is 2.92. The van der Waals surface area contributed by atoms with Crippen molar-refractivity contribution in [1.29, 1.82) is 0 Å². The maximum atomic E-state index is 12.5. The topological polar surface area (TPSA) is 29.9 Å². The van der Waals surface area contributed by atoms with Crippen molar-refractivity contribution in [2.75, 3.05) is 6.54 Å².